The Bertz CT molecular complexity index is 473. The van der Waals surface area contributed by atoms with Gasteiger partial charge in [-0.15, -0.1) is 0 Å². The third-order valence-corrected chi connectivity index (χ3v) is 6.08. The monoisotopic (exact) mass is 289 g/mol. The lowest BCUT2D eigenvalue weighted by atomic mass is 9.48. The SMILES string of the molecule is CC(NC(=O)C1=COC=CO1)C12CC3CC(CC(C3)C1)C2. The van der Waals surface area contributed by atoms with Crippen molar-refractivity contribution in [3.05, 3.63) is 24.5 Å². The Morgan fingerprint density at radius 1 is 1.19 bits per heavy atom. The molecular weight excluding hydrogens is 266 g/mol. The first-order valence-electron chi connectivity index (χ1n) is 8.13. The van der Waals surface area contributed by atoms with Gasteiger partial charge in [-0.05, 0) is 68.6 Å². The topological polar surface area (TPSA) is 47.6 Å². The molecule has 0 spiro atoms. The second-order valence-corrected chi connectivity index (χ2v) is 7.48. The van der Waals surface area contributed by atoms with Crippen molar-refractivity contribution in [2.45, 2.75) is 51.5 Å². The van der Waals surface area contributed by atoms with Crippen LogP contribution in [0.5, 0.6) is 0 Å². The zero-order valence-electron chi connectivity index (χ0n) is 12.5. The van der Waals surface area contributed by atoms with Crippen LogP contribution in [0.15, 0.2) is 24.5 Å². The molecule has 1 heterocycles. The minimum atomic E-state index is -0.164. The number of carbonyl (C=O) groups is 1. The fourth-order valence-electron chi connectivity index (χ4n) is 5.50. The number of rotatable bonds is 3. The first-order chi connectivity index (χ1) is 10.1. The predicted octanol–water partition coefficient (Wildman–Crippen LogP) is 3.07. The van der Waals surface area contributed by atoms with E-state index >= 15 is 0 Å². The summed E-state index contributed by atoms with van der Waals surface area (Å²) in [6.45, 7) is 2.17. The van der Waals surface area contributed by atoms with Crippen LogP contribution in [0.1, 0.15) is 45.4 Å². The summed E-state index contributed by atoms with van der Waals surface area (Å²) in [5.74, 6) is 2.77. The molecule has 21 heavy (non-hydrogen) atoms. The number of hydrogen-bond donors (Lipinski definition) is 1. The van der Waals surface area contributed by atoms with E-state index in [1.165, 1.54) is 57.3 Å². The van der Waals surface area contributed by atoms with E-state index in [0.717, 1.165) is 17.8 Å². The van der Waals surface area contributed by atoms with Crippen molar-refractivity contribution in [2.75, 3.05) is 0 Å². The molecule has 1 atom stereocenters. The largest absolute Gasteiger partial charge is 0.465 e. The molecule has 0 aromatic carbocycles. The summed E-state index contributed by atoms with van der Waals surface area (Å²) in [6.07, 6.45) is 12.3. The Kier molecular flexibility index (Phi) is 3.02. The van der Waals surface area contributed by atoms with Gasteiger partial charge in [-0.1, -0.05) is 0 Å². The van der Waals surface area contributed by atoms with Gasteiger partial charge in [0, 0.05) is 6.04 Å². The maximum Gasteiger partial charge on any atom is 0.290 e. The molecule has 1 aliphatic heterocycles. The van der Waals surface area contributed by atoms with Crippen molar-refractivity contribution in [3.63, 3.8) is 0 Å². The van der Waals surface area contributed by atoms with Gasteiger partial charge >= 0.3 is 0 Å². The third-order valence-electron chi connectivity index (χ3n) is 6.08. The highest BCUT2D eigenvalue weighted by Gasteiger charge is 2.53. The molecule has 5 aliphatic rings. The summed E-state index contributed by atoms with van der Waals surface area (Å²) < 4.78 is 10.2. The van der Waals surface area contributed by atoms with Crippen LogP contribution in [0.3, 0.4) is 0 Å². The Balaban J connectivity index is 1.46. The molecular formula is C17H23NO3. The molecule has 4 fully saturated rings. The van der Waals surface area contributed by atoms with Crippen LogP contribution in [0, 0.1) is 23.2 Å². The molecule has 4 nitrogen and oxygen atoms in total. The first kappa shape index (κ1) is 13.2. The third kappa shape index (κ3) is 2.25. The van der Waals surface area contributed by atoms with Gasteiger partial charge in [0.2, 0.25) is 5.76 Å². The van der Waals surface area contributed by atoms with Gasteiger partial charge in [0.25, 0.3) is 5.91 Å². The lowest BCUT2D eigenvalue weighted by Crippen LogP contribution is -2.56. The summed E-state index contributed by atoms with van der Waals surface area (Å²) in [7, 11) is 0. The van der Waals surface area contributed by atoms with Crippen LogP contribution in [-0.4, -0.2) is 11.9 Å². The van der Waals surface area contributed by atoms with Gasteiger partial charge in [0.05, 0.1) is 0 Å². The van der Waals surface area contributed by atoms with Crippen molar-refractivity contribution >= 4 is 5.91 Å². The van der Waals surface area contributed by atoms with E-state index in [9.17, 15) is 4.79 Å². The molecule has 4 bridgehead atoms. The lowest BCUT2D eigenvalue weighted by molar-refractivity contribution is -0.125. The van der Waals surface area contributed by atoms with Crippen LogP contribution in [-0.2, 0) is 14.3 Å². The van der Waals surface area contributed by atoms with Crippen molar-refractivity contribution in [1.29, 1.82) is 0 Å². The van der Waals surface area contributed by atoms with E-state index in [2.05, 4.69) is 12.2 Å². The van der Waals surface area contributed by atoms with E-state index in [4.69, 9.17) is 9.47 Å². The fourth-order valence-corrected chi connectivity index (χ4v) is 5.50. The normalized spacial score (nSPS) is 41.0. The quantitative estimate of drug-likeness (QED) is 0.868. The molecule has 4 heteroatoms. The van der Waals surface area contributed by atoms with Crippen LogP contribution in [0.2, 0.25) is 0 Å². The van der Waals surface area contributed by atoms with Gasteiger partial charge in [-0.2, -0.15) is 0 Å². The van der Waals surface area contributed by atoms with Crippen molar-refractivity contribution < 1.29 is 14.3 Å². The van der Waals surface area contributed by atoms with Crippen molar-refractivity contribution in [1.82, 2.24) is 5.32 Å². The second kappa shape index (κ2) is 4.79. The number of carbonyl (C=O) groups excluding carboxylic acids is 1. The fraction of sp³-hybridized carbons (Fsp3) is 0.706. The maximum absolute atomic E-state index is 12.3. The molecule has 0 radical (unpaired) electrons. The predicted molar refractivity (Wildman–Crippen MR) is 77.6 cm³/mol. The summed E-state index contributed by atoms with van der Waals surface area (Å²) >= 11 is 0. The molecule has 4 aliphatic carbocycles. The van der Waals surface area contributed by atoms with E-state index in [1.807, 2.05) is 0 Å². The van der Waals surface area contributed by atoms with E-state index in [-0.39, 0.29) is 17.7 Å². The molecule has 1 N–H and O–H groups in total. The second-order valence-electron chi connectivity index (χ2n) is 7.48. The number of hydrogen-bond acceptors (Lipinski definition) is 3. The van der Waals surface area contributed by atoms with Gasteiger partial charge in [0.1, 0.15) is 18.8 Å². The highest BCUT2D eigenvalue weighted by atomic mass is 16.5. The standard InChI is InChI=1S/C17H23NO3/c1-11(18-16(19)15-10-20-2-3-21-15)17-7-12-4-13(8-17)6-14(5-12)9-17/h2-3,10-14H,4-9H2,1H3,(H,18,19). The highest BCUT2D eigenvalue weighted by Crippen LogP contribution is 2.61. The molecule has 5 rings (SSSR count). The molecule has 0 saturated heterocycles. The summed E-state index contributed by atoms with van der Waals surface area (Å²) in [6, 6.07) is 0.203. The Labute approximate surface area is 125 Å². The number of amides is 1. The van der Waals surface area contributed by atoms with Crippen LogP contribution >= 0.6 is 0 Å². The highest BCUT2D eigenvalue weighted by molar-refractivity contribution is 5.91. The summed E-state index contributed by atoms with van der Waals surface area (Å²) in [5.41, 5.74) is 0.316. The molecule has 4 saturated carbocycles. The van der Waals surface area contributed by atoms with Gasteiger partial charge in [-0.3, -0.25) is 4.79 Å². The minimum absolute atomic E-state index is 0.164. The minimum Gasteiger partial charge on any atom is -0.465 e. The maximum atomic E-state index is 12.3. The zero-order valence-corrected chi connectivity index (χ0v) is 12.5. The van der Waals surface area contributed by atoms with Crippen LogP contribution in [0.4, 0.5) is 0 Å². The molecule has 1 unspecified atom stereocenters. The van der Waals surface area contributed by atoms with Crippen molar-refractivity contribution in [3.8, 4) is 0 Å². The number of nitrogens with one attached hydrogen (secondary N) is 1. The molecule has 1 amide bonds. The van der Waals surface area contributed by atoms with E-state index < -0.39 is 0 Å². The Morgan fingerprint density at radius 2 is 1.81 bits per heavy atom. The van der Waals surface area contributed by atoms with E-state index in [0.29, 0.717) is 5.41 Å². The molecule has 0 aromatic heterocycles. The van der Waals surface area contributed by atoms with E-state index in [1.54, 1.807) is 0 Å². The molecule has 114 valence electrons. The van der Waals surface area contributed by atoms with Crippen molar-refractivity contribution in [2.24, 2.45) is 23.2 Å². The average molecular weight is 289 g/mol. The van der Waals surface area contributed by atoms with Gasteiger partial charge in [-0.25, -0.2) is 0 Å². The Hall–Kier alpha value is -1.45. The zero-order chi connectivity index (χ0) is 14.4. The Morgan fingerprint density at radius 3 is 2.33 bits per heavy atom. The number of ether oxygens (including phenoxy) is 2. The lowest BCUT2D eigenvalue weighted by Gasteiger charge is -2.59. The average Bonchev–Trinajstić information content (AvgIpc) is 2.46. The summed E-state index contributed by atoms with van der Waals surface area (Å²) in [4.78, 5) is 12.3. The van der Waals surface area contributed by atoms with Crippen LogP contribution in [0.25, 0.3) is 0 Å². The smallest absolute Gasteiger partial charge is 0.290 e. The van der Waals surface area contributed by atoms with Gasteiger partial charge in [0.15, 0.2) is 0 Å². The first-order valence-corrected chi connectivity index (χ1v) is 8.13. The van der Waals surface area contributed by atoms with Crippen LogP contribution < -0.4 is 5.32 Å². The summed E-state index contributed by atoms with van der Waals surface area (Å²) in [5, 5.41) is 3.16. The molecule has 0 aromatic rings. The van der Waals surface area contributed by atoms with Gasteiger partial charge < -0.3 is 14.8 Å².